The first kappa shape index (κ1) is 17.9. The number of carboxylic acid groups (broad SMARTS) is 1. The SMILES string of the molecule is CSCC[C@@H](NC(=O)/C=C/c1cc(Cl)cc(Cl)c1)C(=O)O. The van der Waals surface area contributed by atoms with Gasteiger partial charge in [0.2, 0.25) is 5.91 Å². The van der Waals surface area contributed by atoms with Crippen LogP contribution in [0.15, 0.2) is 24.3 Å². The van der Waals surface area contributed by atoms with Crippen molar-refractivity contribution in [3.05, 3.63) is 39.9 Å². The first-order valence-corrected chi connectivity index (χ1v) is 8.23. The Balaban J connectivity index is 2.66. The lowest BCUT2D eigenvalue weighted by Crippen LogP contribution is -2.40. The molecule has 0 fully saturated rings. The van der Waals surface area contributed by atoms with Gasteiger partial charge in [0.25, 0.3) is 0 Å². The first-order valence-electron chi connectivity index (χ1n) is 6.09. The Bertz CT molecular complexity index is 529. The van der Waals surface area contributed by atoms with Gasteiger partial charge in [0, 0.05) is 16.1 Å². The smallest absolute Gasteiger partial charge is 0.326 e. The number of nitrogens with one attached hydrogen (secondary N) is 1. The van der Waals surface area contributed by atoms with E-state index in [1.54, 1.807) is 18.2 Å². The standard InChI is InChI=1S/C14H15Cl2NO3S/c1-21-5-4-12(14(19)20)17-13(18)3-2-9-6-10(15)8-11(16)7-9/h2-3,6-8,12H,4-5H2,1H3,(H,17,18)(H,19,20)/b3-2+/t12-/m1/s1. The van der Waals surface area contributed by atoms with Crippen molar-refractivity contribution < 1.29 is 14.7 Å². The molecule has 21 heavy (non-hydrogen) atoms. The average molecular weight is 348 g/mol. The predicted octanol–water partition coefficient (Wildman–Crippen LogP) is 3.33. The monoisotopic (exact) mass is 347 g/mol. The number of aliphatic carboxylic acids is 1. The number of rotatable bonds is 7. The summed E-state index contributed by atoms with van der Waals surface area (Å²) >= 11 is 13.2. The third-order valence-corrected chi connectivity index (χ3v) is 3.62. The highest BCUT2D eigenvalue weighted by atomic mass is 35.5. The summed E-state index contributed by atoms with van der Waals surface area (Å²) in [5.74, 6) is -0.860. The van der Waals surface area contributed by atoms with E-state index in [0.29, 0.717) is 27.8 Å². The Morgan fingerprint density at radius 3 is 2.48 bits per heavy atom. The highest BCUT2D eigenvalue weighted by molar-refractivity contribution is 7.98. The van der Waals surface area contributed by atoms with Gasteiger partial charge in [0.1, 0.15) is 6.04 Å². The molecule has 0 aliphatic heterocycles. The highest BCUT2D eigenvalue weighted by Crippen LogP contribution is 2.19. The van der Waals surface area contributed by atoms with E-state index in [1.165, 1.54) is 23.9 Å². The van der Waals surface area contributed by atoms with E-state index in [9.17, 15) is 9.59 Å². The molecule has 114 valence electrons. The second-order valence-corrected chi connectivity index (χ2v) is 6.08. The quantitative estimate of drug-likeness (QED) is 0.742. The number of amides is 1. The molecule has 0 aromatic heterocycles. The highest BCUT2D eigenvalue weighted by Gasteiger charge is 2.17. The van der Waals surface area contributed by atoms with E-state index >= 15 is 0 Å². The topological polar surface area (TPSA) is 66.4 Å². The largest absolute Gasteiger partial charge is 0.480 e. The second-order valence-electron chi connectivity index (χ2n) is 4.22. The van der Waals surface area contributed by atoms with Gasteiger partial charge in [0.05, 0.1) is 0 Å². The zero-order valence-corrected chi connectivity index (χ0v) is 13.6. The minimum atomic E-state index is -1.04. The molecule has 0 heterocycles. The Morgan fingerprint density at radius 1 is 1.33 bits per heavy atom. The van der Waals surface area contributed by atoms with Gasteiger partial charge in [0.15, 0.2) is 0 Å². The lowest BCUT2D eigenvalue weighted by molar-refractivity contribution is -0.141. The lowest BCUT2D eigenvalue weighted by Gasteiger charge is -2.12. The Morgan fingerprint density at radius 2 is 1.95 bits per heavy atom. The molecular weight excluding hydrogens is 333 g/mol. The van der Waals surface area contributed by atoms with Crippen molar-refractivity contribution in [2.24, 2.45) is 0 Å². The minimum absolute atomic E-state index is 0.374. The zero-order valence-electron chi connectivity index (χ0n) is 11.3. The second kappa shape index (κ2) is 8.97. The fourth-order valence-electron chi connectivity index (χ4n) is 1.56. The predicted molar refractivity (Wildman–Crippen MR) is 88.1 cm³/mol. The van der Waals surface area contributed by atoms with Crippen LogP contribution in [-0.4, -0.2) is 35.0 Å². The number of carbonyl (C=O) groups is 2. The van der Waals surface area contributed by atoms with Crippen molar-refractivity contribution in [3.63, 3.8) is 0 Å². The molecule has 0 unspecified atom stereocenters. The number of carbonyl (C=O) groups excluding carboxylic acids is 1. The van der Waals surface area contributed by atoms with Crippen LogP contribution in [0.5, 0.6) is 0 Å². The number of benzene rings is 1. The molecular formula is C14H15Cl2NO3S. The van der Waals surface area contributed by atoms with E-state index in [2.05, 4.69) is 5.32 Å². The van der Waals surface area contributed by atoms with Crippen LogP contribution in [0.2, 0.25) is 10.0 Å². The maximum atomic E-state index is 11.7. The summed E-state index contributed by atoms with van der Waals surface area (Å²) in [5.41, 5.74) is 0.665. The van der Waals surface area contributed by atoms with E-state index in [0.717, 1.165) is 0 Å². The summed E-state index contributed by atoms with van der Waals surface area (Å²) in [6.45, 7) is 0. The van der Waals surface area contributed by atoms with Crippen molar-refractivity contribution >= 4 is 52.9 Å². The van der Waals surface area contributed by atoms with Crippen LogP contribution in [0, 0.1) is 0 Å². The fraction of sp³-hybridized carbons (Fsp3) is 0.286. The van der Waals surface area contributed by atoms with E-state index < -0.39 is 17.9 Å². The van der Waals surface area contributed by atoms with E-state index in [-0.39, 0.29) is 0 Å². The summed E-state index contributed by atoms with van der Waals surface area (Å²) in [5, 5.41) is 12.4. The van der Waals surface area contributed by atoms with Crippen molar-refractivity contribution in [3.8, 4) is 0 Å². The fourth-order valence-corrected chi connectivity index (χ4v) is 2.57. The molecule has 1 aromatic carbocycles. The van der Waals surface area contributed by atoms with Crippen LogP contribution in [0.3, 0.4) is 0 Å². The lowest BCUT2D eigenvalue weighted by atomic mass is 10.2. The van der Waals surface area contributed by atoms with Gasteiger partial charge in [-0.1, -0.05) is 23.2 Å². The molecule has 1 rings (SSSR count). The summed E-state index contributed by atoms with van der Waals surface area (Å²) in [6, 6.07) is 4.00. The number of thioether (sulfide) groups is 1. The Labute approximate surface area is 137 Å². The van der Waals surface area contributed by atoms with Crippen LogP contribution in [0.1, 0.15) is 12.0 Å². The Kier molecular flexibility index (Phi) is 7.64. The third-order valence-electron chi connectivity index (χ3n) is 2.54. The maximum Gasteiger partial charge on any atom is 0.326 e. The van der Waals surface area contributed by atoms with Gasteiger partial charge < -0.3 is 10.4 Å². The molecule has 1 aromatic rings. The average Bonchev–Trinajstić information content (AvgIpc) is 2.39. The van der Waals surface area contributed by atoms with Gasteiger partial charge in [-0.2, -0.15) is 11.8 Å². The van der Waals surface area contributed by atoms with Crippen molar-refractivity contribution in [2.45, 2.75) is 12.5 Å². The van der Waals surface area contributed by atoms with Crippen LogP contribution in [0.25, 0.3) is 6.08 Å². The third kappa shape index (κ3) is 6.89. The molecule has 4 nitrogen and oxygen atoms in total. The molecule has 2 N–H and O–H groups in total. The van der Waals surface area contributed by atoms with Gasteiger partial charge in [-0.25, -0.2) is 4.79 Å². The van der Waals surface area contributed by atoms with Gasteiger partial charge in [-0.05, 0) is 48.3 Å². The summed E-state index contributed by atoms with van der Waals surface area (Å²) in [4.78, 5) is 22.8. The molecule has 0 saturated heterocycles. The van der Waals surface area contributed by atoms with Gasteiger partial charge in [-0.15, -0.1) is 0 Å². The summed E-state index contributed by atoms with van der Waals surface area (Å²) in [6.07, 6.45) is 5.04. The molecule has 1 atom stereocenters. The van der Waals surface area contributed by atoms with Crippen LogP contribution in [-0.2, 0) is 9.59 Å². The first-order chi connectivity index (χ1) is 9.92. The van der Waals surface area contributed by atoms with Crippen LogP contribution < -0.4 is 5.32 Å². The number of halogens is 2. The molecule has 0 saturated carbocycles. The van der Waals surface area contributed by atoms with Crippen LogP contribution in [0.4, 0.5) is 0 Å². The summed E-state index contributed by atoms with van der Waals surface area (Å²) < 4.78 is 0. The molecule has 7 heteroatoms. The normalized spacial score (nSPS) is 12.3. The Hall–Kier alpha value is -1.17. The van der Waals surface area contributed by atoms with Gasteiger partial charge >= 0.3 is 5.97 Å². The molecule has 0 spiro atoms. The van der Waals surface area contributed by atoms with E-state index in [4.69, 9.17) is 28.3 Å². The van der Waals surface area contributed by atoms with Crippen molar-refractivity contribution in [1.29, 1.82) is 0 Å². The number of hydrogen-bond donors (Lipinski definition) is 2. The van der Waals surface area contributed by atoms with Gasteiger partial charge in [-0.3, -0.25) is 4.79 Å². The van der Waals surface area contributed by atoms with Crippen LogP contribution >= 0.6 is 35.0 Å². The summed E-state index contributed by atoms with van der Waals surface area (Å²) in [7, 11) is 0. The number of carboxylic acids is 1. The molecule has 0 radical (unpaired) electrons. The minimum Gasteiger partial charge on any atom is -0.480 e. The zero-order chi connectivity index (χ0) is 15.8. The van der Waals surface area contributed by atoms with Crippen molar-refractivity contribution in [1.82, 2.24) is 5.32 Å². The molecule has 0 aliphatic carbocycles. The van der Waals surface area contributed by atoms with E-state index in [1.807, 2.05) is 6.26 Å². The maximum absolute atomic E-state index is 11.7. The molecule has 1 amide bonds. The number of hydrogen-bond acceptors (Lipinski definition) is 3. The molecule has 0 aliphatic rings. The van der Waals surface area contributed by atoms with Crippen molar-refractivity contribution in [2.75, 3.05) is 12.0 Å². The molecule has 0 bridgehead atoms.